The van der Waals surface area contributed by atoms with Crippen LogP contribution in [0.4, 0.5) is 0 Å². The molecule has 0 amide bonds. The van der Waals surface area contributed by atoms with Crippen molar-refractivity contribution < 1.29 is 14.3 Å². The number of esters is 1. The molecule has 0 unspecified atom stereocenters. The average molecular weight is 172 g/mol. The van der Waals surface area contributed by atoms with Crippen LogP contribution in [0.3, 0.4) is 0 Å². The molecule has 0 heterocycles. The van der Waals surface area contributed by atoms with E-state index in [1.54, 1.807) is 13.8 Å². The zero-order valence-electron chi connectivity index (χ0n) is 7.92. The number of rotatable bonds is 5. The number of carbonyl (C=O) groups excluding carboxylic acids is 1. The Morgan fingerprint density at radius 3 is 2.58 bits per heavy atom. The van der Waals surface area contributed by atoms with Gasteiger partial charge in [0.25, 0.3) is 0 Å². The fourth-order valence-corrected chi connectivity index (χ4v) is 0.595. The molecule has 3 nitrogen and oxygen atoms in total. The zero-order chi connectivity index (χ0) is 9.56. The highest BCUT2D eigenvalue weighted by Crippen LogP contribution is 1.97. The lowest BCUT2D eigenvalue weighted by atomic mass is 10.3. The van der Waals surface area contributed by atoms with Crippen LogP contribution in [0.15, 0.2) is 12.2 Å². The van der Waals surface area contributed by atoms with E-state index in [1.165, 1.54) is 0 Å². The van der Waals surface area contributed by atoms with Crippen LogP contribution < -0.4 is 0 Å². The van der Waals surface area contributed by atoms with E-state index in [0.717, 1.165) is 5.57 Å². The van der Waals surface area contributed by atoms with Crippen LogP contribution in [-0.4, -0.2) is 25.3 Å². The van der Waals surface area contributed by atoms with Gasteiger partial charge in [-0.15, -0.1) is 0 Å². The maximum atomic E-state index is 11.0. The third kappa shape index (κ3) is 4.91. The summed E-state index contributed by atoms with van der Waals surface area (Å²) in [6.45, 7) is 9.73. The van der Waals surface area contributed by atoms with E-state index < -0.39 is 6.10 Å². The van der Waals surface area contributed by atoms with E-state index in [1.807, 2.05) is 6.92 Å². The first-order chi connectivity index (χ1) is 5.57. The molecule has 70 valence electrons. The molecule has 0 aliphatic heterocycles. The summed E-state index contributed by atoms with van der Waals surface area (Å²) in [5.74, 6) is -0.321. The second-order valence-electron chi connectivity index (χ2n) is 2.66. The van der Waals surface area contributed by atoms with E-state index in [4.69, 9.17) is 9.47 Å². The lowest BCUT2D eigenvalue weighted by molar-refractivity contribution is -0.154. The lowest BCUT2D eigenvalue weighted by Crippen LogP contribution is -2.23. The third-order valence-electron chi connectivity index (χ3n) is 1.20. The summed E-state index contributed by atoms with van der Waals surface area (Å²) in [5.41, 5.74) is 0.895. The molecule has 0 rings (SSSR count). The monoisotopic (exact) mass is 172 g/mol. The predicted molar refractivity (Wildman–Crippen MR) is 46.9 cm³/mol. The first-order valence-electron chi connectivity index (χ1n) is 4.00. The van der Waals surface area contributed by atoms with Gasteiger partial charge in [0.15, 0.2) is 6.10 Å². The highest BCUT2D eigenvalue weighted by molar-refractivity contribution is 5.74. The topological polar surface area (TPSA) is 35.5 Å². The van der Waals surface area contributed by atoms with Gasteiger partial charge in [0, 0.05) is 0 Å². The molecule has 0 aromatic heterocycles. The summed E-state index contributed by atoms with van der Waals surface area (Å²) in [5, 5.41) is 0. The average Bonchev–Trinajstić information content (AvgIpc) is 2.00. The minimum Gasteiger partial charge on any atom is -0.464 e. The third-order valence-corrected chi connectivity index (χ3v) is 1.20. The van der Waals surface area contributed by atoms with Gasteiger partial charge in [-0.05, 0) is 20.8 Å². The van der Waals surface area contributed by atoms with Gasteiger partial charge in [0.1, 0.15) is 0 Å². The molecular weight excluding hydrogens is 156 g/mol. The van der Waals surface area contributed by atoms with Crippen molar-refractivity contribution in [2.45, 2.75) is 26.9 Å². The second kappa shape index (κ2) is 5.77. The molecule has 0 saturated carbocycles. The van der Waals surface area contributed by atoms with Crippen molar-refractivity contribution in [2.75, 3.05) is 13.2 Å². The summed E-state index contributed by atoms with van der Waals surface area (Å²) in [7, 11) is 0. The maximum Gasteiger partial charge on any atom is 0.334 e. The lowest BCUT2D eigenvalue weighted by Gasteiger charge is -2.11. The largest absolute Gasteiger partial charge is 0.464 e. The van der Waals surface area contributed by atoms with Gasteiger partial charge in [0.05, 0.1) is 13.2 Å². The Balaban J connectivity index is 3.63. The van der Waals surface area contributed by atoms with Gasteiger partial charge in [-0.1, -0.05) is 12.2 Å². The summed E-state index contributed by atoms with van der Waals surface area (Å²) in [4.78, 5) is 11.0. The molecule has 0 saturated heterocycles. The molecule has 12 heavy (non-hydrogen) atoms. The van der Waals surface area contributed by atoms with Crippen molar-refractivity contribution in [1.29, 1.82) is 0 Å². The Labute approximate surface area is 73.4 Å². The number of ether oxygens (including phenoxy) is 2. The van der Waals surface area contributed by atoms with Crippen molar-refractivity contribution in [3.63, 3.8) is 0 Å². The highest BCUT2D eigenvalue weighted by atomic mass is 16.6. The Bertz CT molecular complexity index is 163. The Morgan fingerprint density at radius 1 is 1.58 bits per heavy atom. The quantitative estimate of drug-likeness (QED) is 0.466. The molecule has 0 aromatic rings. The summed E-state index contributed by atoms with van der Waals surface area (Å²) in [6, 6.07) is 0. The Morgan fingerprint density at radius 2 is 2.17 bits per heavy atom. The van der Waals surface area contributed by atoms with Crippen LogP contribution in [0.25, 0.3) is 0 Å². The van der Waals surface area contributed by atoms with Crippen LogP contribution in [0.1, 0.15) is 20.8 Å². The van der Waals surface area contributed by atoms with Gasteiger partial charge >= 0.3 is 5.97 Å². The van der Waals surface area contributed by atoms with Crippen LogP contribution in [0.5, 0.6) is 0 Å². The molecule has 0 aromatic carbocycles. The second-order valence-corrected chi connectivity index (χ2v) is 2.66. The molecule has 0 aliphatic rings. The van der Waals surface area contributed by atoms with Crippen LogP contribution in [-0.2, 0) is 14.3 Å². The summed E-state index contributed by atoms with van der Waals surface area (Å²) in [6.07, 6.45) is -0.498. The molecule has 0 fully saturated rings. The fraction of sp³-hybridized carbons (Fsp3) is 0.667. The summed E-state index contributed by atoms with van der Waals surface area (Å²) >= 11 is 0. The van der Waals surface area contributed by atoms with Crippen molar-refractivity contribution in [2.24, 2.45) is 0 Å². The Hall–Kier alpha value is -0.830. The standard InChI is InChI=1S/C9H16O3/c1-5-11-9(10)8(4)12-6-7(2)3/h8H,2,5-6H2,1,3-4H3/t8-/m0/s1. The molecule has 0 bridgehead atoms. The number of hydrogen-bond acceptors (Lipinski definition) is 3. The van der Waals surface area contributed by atoms with Crippen LogP contribution in [0.2, 0.25) is 0 Å². The first-order valence-corrected chi connectivity index (χ1v) is 4.00. The smallest absolute Gasteiger partial charge is 0.334 e. The fourth-order valence-electron chi connectivity index (χ4n) is 0.595. The van der Waals surface area contributed by atoms with Crippen LogP contribution in [0, 0.1) is 0 Å². The molecule has 0 radical (unpaired) electrons. The normalized spacial score (nSPS) is 12.2. The number of hydrogen-bond donors (Lipinski definition) is 0. The van der Waals surface area contributed by atoms with E-state index in [2.05, 4.69) is 6.58 Å². The van der Waals surface area contributed by atoms with Gasteiger partial charge in [-0.3, -0.25) is 0 Å². The van der Waals surface area contributed by atoms with E-state index >= 15 is 0 Å². The SMILES string of the molecule is C=C(C)CO[C@@H](C)C(=O)OCC. The molecule has 0 aliphatic carbocycles. The molecule has 3 heteroatoms. The van der Waals surface area contributed by atoms with Crippen molar-refractivity contribution in [3.05, 3.63) is 12.2 Å². The molecule has 0 spiro atoms. The Kier molecular flexibility index (Phi) is 5.37. The maximum absolute atomic E-state index is 11.0. The van der Waals surface area contributed by atoms with Gasteiger partial charge in [-0.2, -0.15) is 0 Å². The van der Waals surface area contributed by atoms with E-state index in [0.29, 0.717) is 13.2 Å². The van der Waals surface area contributed by atoms with Crippen molar-refractivity contribution >= 4 is 5.97 Å². The molecule has 0 N–H and O–H groups in total. The molecular formula is C9H16O3. The minimum absolute atomic E-state index is 0.321. The highest BCUT2D eigenvalue weighted by Gasteiger charge is 2.13. The van der Waals surface area contributed by atoms with Gasteiger partial charge in [-0.25, -0.2) is 4.79 Å². The predicted octanol–water partition coefficient (Wildman–Crippen LogP) is 1.53. The molecule has 1 atom stereocenters. The number of carbonyl (C=O) groups is 1. The van der Waals surface area contributed by atoms with E-state index in [9.17, 15) is 4.79 Å². The van der Waals surface area contributed by atoms with Gasteiger partial charge in [0.2, 0.25) is 0 Å². The summed E-state index contributed by atoms with van der Waals surface area (Å²) < 4.78 is 9.89. The van der Waals surface area contributed by atoms with Crippen molar-refractivity contribution in [1.82, 2.24) is 0 Å². The van der Waals surface area contributed by atoms with Crippen LogP contribution >= 0.6 is 0 Å². The van der Waals surface area contributed by atoms with E-state index in [-0.39, 0.29) is 5.97 Å². The zero-order valence-corrected chi connectivity index (χ0v) is 7.92. The minimum atomic E-state index is -0.498. The van der Waals surface area contributed by atoms with Crippen molar-refractivity contribution in [3.8, 4) is 0 Å². The van der Waals surface area contributed by atoms with Gasteiger partial charge < -0.3 is 9.47 Å². The first kappa shape index (κ1) is 11.2.